The number of amides is 1. The van der Waals surface area contributed by atoms with Crippen LogP contribution in [0.4, 0.5) is 5.95 Å². The minimum atomic E-state index is -0.274. The molecule has 0 radical (unpaired) electrons. The summed E-state index contributed by atoms with van der Waals surface area (Å²) >= 11 is 0. The average Bonchev–Trinajstić information content (AvgIpc) is 3.11. The van der Waals surface area contributed by atoms with Gasteiger partial charge in [0.1, 0.15) is 0 Å². The zero-order valence-electron chi connectivity index (χ0n) is 14.9. The molecular formula is C19H23N5O2. The van der Waals surface area contributed by atoms with Crippen molar-refractivity contribution in [2.75, 3.05) is 31.6 Å². The molecule has 0 aromatic carbocycles. The lowest BCUT2D eigenvalue weighted by atomic mass is 9.88. The Morgan fingerprint density at radius 3 is 2.92 bits per heavy atom. The fourth-order valence-corrected chi connectivity index (χ4v) is 3.93. The summed E-state index contributed by atoms with van der Waals surface area (Å²) in [6, 6.07) is 5.64. The number of aromatic nitrogens is 3. The van der Waals surface area contributed by atoms with Gasteiger partial charge >= 0.3 is 0 Å². The first-order valence-corrected chi connectivity index (χ1v) is 9.00. The third-order valence-electron chi connectivity index (χ3n) is 5.34. The fraction of sp³-hybridized carbons (Fsp3) is 0.474. The molecule has 136 valence electrons. The van der Waals surface area contributed by atoms with Crippen LogP contribution in [-0.2, 0) is 4.74 Å². The van der Waals surface area contributed by atoms with Crippen LogP contribution in [0.25, 0.3) is 0 Å². The normalized spacial score (nSPS) is 25.4. The number of carbonyl (C=O) groups is 1. The molecule has 2 aromatic heterocycles. The van der Waals surface area contributed by atoms with Crippen molar-refractivity contribution < 1.29 is 9.53 Å². The lowest BCUT2D eigenvalue weighted by Gasteiger charge is -2.40. The molecule has 2 aliphatic rings. The van der Waals surface area contributed by atoms with E-state index < -0.39 is 0 Å². The summed E-state index contributed by atoms with van der Waals surface area (Å²) in [6.07, 6.45) is 9.61. The van der Waals surface area contributed by atoms with Crippen LogP contribution in [0.2, 0.25) is 0 Å². The summed E-state index contributed by atoms with van der Waals surface area (Å²) in [5, 5.41) is 0. The average molecular weight is 353 g/mol. The van der Waals surface area contributed by atoms with Crippen molar-refractivity contribution in [2.45, 2.75) is 30.9 Å². The summed E-state index contributed by atoms with van der Waals surface area (Å²) in [4.78, 5) is 29.5. The van der Waals surface area contributed by atoms with E-state index >= 15 is 0 Å². The van der Waals surface area contributed by atoms with Crippen molar-refractivity contribution in [3.05, 3.63) is 48.5 Å². The summed E-state index contributed by atoms with van der Waals surface area (Å²) in [7, 11) is 2.00. The van der Waals surface area contributed by atoms with E-state index in [1.54, 1.807) is 30.9 Å². The molecule has 0 saturated carbocycles. The lowest BCUT2D eigenvalue weighted by Crippen LogP contribution is -2.50. The Hall–Kier alpha value is -2.54. The molecule has 0 N–H and O–H groups in total. The fourth-order valence-electron chi connectivity index (χ4n) is 3.93. The molecule has 2 aliphatic heterocycles. The zero-order chi connectivity index (χ0) is 18.0. The highest BCUT2D eigenvalue weighted by Crippen LogP contribution is 2.37. The first-order chi connectivity index (χ1) is 12.7. The number of rotatable bonds is 3. The Bertz CT molecular complexity index is 757. The summed E-state index contributed by atoms with van der Waals surface area (Å²) in [6.45, 7) is 2.02. The largest absolute Gasteiger partial charge is 0.371 e. The van der Waals surface area contributed by atoms with Crippen LogP contribution >= 0.6 is 0 Å². The van der Waals surface area contributed by atoms with E-state index in [4.69, 9.17) is 4.74 Å². The number of carbonyl (C=O) groups excluding carboxylic acids is 1. The van der Waals surface area contributed by atoms with Gasteiger partial charge in [-0.05, 0) is 31.0 Å². The molecule has 2 fully saturated rings. The van der Waals surface area contributed by atoms with E-state index in [2.05, 4.69) is 19.9 Å². The molecule has 4 rings (SSSR count). The molecule has 0 unspecified atom stereocenters. The van der Waals surface area contributed by atoms with Crippen LogP contribution in [0.3, 0.4) is 0 Å². The summed E-state index contributed by atoms with van der Waals surface area (Å²) < 4.78 is 6.25. The number of pyridine rings is 1. The Morgan fingerprint density at radius 1 is 1.31 bits per heavy atom. The van der Waals surface area contributed by atoms with Crippen molar-refractivity contribution in [1.82, 2.24) is 19.9 Å². The van der Waals surface area contributed by atoms with Crippen molar-refractivity contribution in [2.24, 2.45) is 0 Å². The van der Waals surface area contributed by atoms with Crippen molar-refractivity contribution >= 4 is 11.9 Å². The van der Waals surface area contributed by atoms with Crippen molar-refractivity contribution in [3.63, 3.8) is 0 Å². The van der Waals surface area contributed by atoms with Gasteiger partial charge in [0.25, 0.3) is 5.91 Å². The van der Waals surface area contributed by atoms with Crippen LogP contribution in [0, 0.1) is 0 Å². The van der Waals surface area contributed by atoms with Crippen LogP contribution in [0.1, 0.15) is 29.6 Å². The predicted molar refractivity (Wildman–Crippen MR) is 96.9 cm³/mol. The molecule has 4 heterocycles. The summed E-state index contributed by atoms with van der Waals surface area (Å²) in [5.41, 5.74) is 0.359. The van der Waals surface area contributed by atoms with Gasteiger partial charge in [-0.1, -0.05) is 0 Å². The number of piperidine rings is 1. The van der Waals surface area contributed by atoms with Gasteiger partial charge in [0, 0.05) is 44.8 Å². The standard InChI is InChI=1S/C19H23N5O2/c1-23(18-21-8-4-9-22-18)16-11-19(26-13-16)6-3-10-24(14-19)17(25)15-5-2-7-20-12-15/h2,4-5,7-9,12,16H,3,6,10-11,13-14H2,1H3/t16-,19-/m0/s1. The van der Waals surface area contributed by atoms with Crippen molar-refractivity contribution in [1.29, 1.82) is 0 Å². The van der Waals surface area contributed by atoms with Gasteiger partial charge < -0.3 is 14.5 Å². The molecule has 1 amide bonds. The van der Waals surface area contributed by atoms with Gasteiger partial charge in [-0.3, -0.25) is 9.78 Å². The first-order valence-electron chi connectivity index (χ1n) is 9.00. The second-order valence-corrected chi connectivity index (χ2v) is 7.08. The topological polar surface area (TPSA) is 71.5 Å². The number of hydrogen-bond donors (Lipinski definition) is 0. The van der Waals surface area contributed by atoms with E-state index in [-0.39, 0.29) is 17.6 Å². The third-order valence-corrected chi connectivity index (χ3v) is 5.34. The van der Waals surface area contributed by atoms with E-state index in [1.807, 2.05) is 24.1 Å². The number of likely N-dealkylation sites (tertiary alicyclic amines) is 1. The van der Waals surface area contributed by atoms with Crippen LogP contribution in [0.15, 0.2) is 43.0 Å². The molecule has 7 heteroatoms. The number of anilines is 1. The third kappa shape index (κ3) is 3.26. The van der Waals surface area contributed by atoms with Gasteiger partial charge in [0.15, 0.2) is 0 Å². The van der Waals surface area contributed by atoms with Gasteiger partial charge in [0.2, 0.25) is 5.95 Å². The summed E-state index contributed by atoms with van der Waals surface area (Å²) in [5.74, 6) is 0.737. The Morgan fingerprint density at radius 2 is 2.15 bits per heavy atom. The van der Waals surface area contributed by atoms with E-state index in [0.29, 0.717) is 24.7 Å². The highest BCUT2D eigenvalue weighted by molar-refractivity contribution is 5.94. The molecule has 1 spiro atoms. The van der Waals surface area contributed by atoms with E-state index in [9.17, 15) is 4.79 Å². The SMILES string of the molecule is CN(c1ncccn1)[C@@H]1CO[C@@]2(CCCN(C(=O)c3cccnc3)C2)C1. The number of likely N-dealkylation sites (N-methyl/N-ethyl adjacent to an activating group) is 1. The maximum Gasteiger partial charge on any atom is 0.255 e. The van der Waals surface area contributed by atoms with Crippen LogP contribution in [0.5, 0.6) is 0 Å². The number of nitrogens with zero attached hydrogens (tertiary/aromatic N) is 5. The Balaban J connectivity index is 1.45. The molecule has 0 aliphatic carbocycles. The Kier molecular flexibility index (Phi) is 4.55. The van der Waals surface area contributed by atoms with Crippen molar-refractivity contribution in [3.8, 4) is 0 Å². The van der Waals surface area contributed by atoms with Crippen LogP contribution < -0.4 is 4.90 Å². The lowest BCUT2D eigenvalue weighted by molar-refractivity contribution is -0.0447. The maximum absolute atomic E-state index is 12.8. The second kappa shape index (κ2) is 6.99. The Labute approximate surface area is 153 Å². The molecule has 0 bridgehead atoms. The quantitative estimate of drug-likeness (QED) is 0.837. The molecule has 26 heavy (non-hydrogen) atoms. The minimum absolute atomic E-state index is 0.0315. The number of ether oxygens (including phenoxy) is 1. The number of hydrogen-bond acceptors (Lipinski definition) is 6. The van der Waals surface area contributed by atoms with Gasteiger partial charge in [-0.25, -0.2) is 9.97 Å². The van der Waals surface area contributed by atoms with Gasteiger partial charge in [-0.2, -0.15) is 0 Å². The van der Waals surface area contributed by atoms with Gasteiger partial charge in [0.05, 0.1) is 30.4 Å². The zero-order valence-corrected chi connectivity index (χ0v) is 14.9. The molecule has 2 aromatic rings. The smallest absolute Gasteiger partial charge is 0.255 e. The second-order valence-electron chi connectivity index (χ2n) is 7.08. The monoisotopic (exact) mass is 353 g/mol. The molecule has 2 saturated heterocycles. The van der Waals surface area contributed by atoms with Gasteiger partial charge in [-0.15, -0.1) is 0 Å². The minimum Gasteiger partial charge on any atom is -0.371 e. The highest BCUT2D eigenvalue weighted by atomic mass is 16.5. The first kappa shape index (κ1) is 16.9. The molecular weight excluding hydrogens is 330 g/mol. The predicted octanol–water partition coefficient (Wildman–Crippen LogP) is 1.77. The highest BCUT2D eigenvalue weighted by Gasteiger charge is 2.46. The van der Waals surface area contributed by atoms with E-state index in [1.165, 1.54) is 0 Å². The van der Waals surface area contributed by atoms with Crippen LogP contribution in [-0.4, -0.2) is 64.1 Å². The maximum atomic E-state index is 12.8. The molecule has 2 atom stereocenters. The molecule has 7 nitrogen and oxygen atoms in total. The van der Waals surface area contributed by atoms with E-state index in [0.717, 1.165) is 25.8 Å².